The van der Waals surface area contributed by atoms with Gasteiger partial charge in [0.15, 0.2) is 11.5 Å². The zero-order chi connectivity index (χ0) is 17.0. The lowest BCUT2D eigenvalue weighted by atomic mass is 10.1. The molecule has 23 heavy (non-hydrogen) atoms. The van der Waals surface area contributed by atoms with E-state index in [-0.39, 0.29) is 11.8 Å². The van der Waals surface area contributed by atoms with Crippen LogP contribution in [0.2, 0.25) is 0 Å². The number of amides is 2. The summed E-state index contributed by atoms with van der Waals surface area (Å²) in [6, 6.07) is 3.44. The molecule has 1 aromatic rings. The Bertz CT molecular complexity index is 653. The van der Waals surface area contributed by atoms with Crippen LogP contribution in [0.3, 0.4) is 0 Å². The molecule has 6 nitrogen and oxygen atoms in total. The van der Waals surface area contributed by atoms with E-state index in [9.17, 15) is 9.59 Å². The Kier molecular flexibility index (Phi) is 5.05. The van der Waals surface area contributed by atoms with Gasteiger partial charge in [0.1, 0.15) is 0 Å². The highest BCUT2D eigenvalue weighted by atomic mass is 16.5. The largest absolute Gasteiger partial charge is 0.493 e. The molecular formula is C17H19NO5. The Labute approximate surface area is 134 Å². The van der Waals surface area contributed by atoms with Crippen molar-refractivity contribution in [2.45, 2.75) is 6.42 Å². The molecule has 0 aliphatic carbocycles. The van der Waals surface area contributed by atoms with Crippen molar-refractivity contribution in [3.05, 3.63) is 35.9 Å². The summed E-state index contributed by atoms with van der Waals surface area (Å²) in [6.45, 7) is 4.01. The maximum atomic E-state index is 12.1. The molecule has 0 aromatic heterocycles. The molecule has 2 rings (SSSR count). The third-order valence-corrected chi connectivity index (χ3v) is 3.56. The molecule has 1 aliphatic rings. The highest BCUT2D eigenvalue weighted by molar-refractivity contribution is 6.10. The maximum Gasteiger partial charge on any atom is 0.256 e. The topological polar surface area (TPSA) is 65.1 Å². The molecule has 0 atom stereocenters. The number of rotatable bonds is 5. The number of carbonyl (C=O) groups excluding carboxylic acids is 2. The summed E-state index contributed by atoms with van der Waals surface area (Å²) in [7, 11) is 4.56. The first-order valence-electron chi connectivity index (χ1n) is 7.03. The van der Waals surface area contributed by atoms with Crippen molar-refractivity contribution in [3.8, 4) is 17.2 Å². The van der Waals surface area contributed by atoms with Crippen molar-refractivity contribution < 1.29 is 23.8 Å². The SMILES string of the molecule is C=C1CCN(C(=O)C=Cc2cc(OC)c(OC)c(OC)c2)C1=O. The Balaban J connectivity index is 2.24. The van der Waals surface area contributed by atoms with Gasteiger partial charge in [-0.15, -0.1) is 0 Å². The van der Waals surface area contributed by atoms with Crippen LogP contribution in [0.1, 0.15) is 12.0 Å². The van der Waals surface area contributed by atoms with Crippen LogP contribution in [0, 0.1) is 0 Å². The van der Waals surface area contributed by atoms with E-state index in [1.165, 1.54) is 32.3 Å². The van der Waals surface area contributed by atoms with Gasteiger partial charge in [-0.25, -0.2) is 0 Å². The Morgan fingerprint density at radius 1 is 1.17 bits per heavy atom. The summed E-state index contributed by atoms with van der Waals surface area (Å²) in [4.78, 5) is 25.0. The molecule has 122 valence electrons. The van der Waals surface area contributed by atoms with Crippen LogP contribution in [0.15, 0.2) is 30.4 Å². The molecule has 1 aromatic carbocycles. The average molecular weight is 317 g/mol. The first kappa shape index (κ1) is 16.6. The minimum Gasteiger partial charge on any atom is -0.493 e. The number of hydrogen-bond acceptors (Lipinski definition) is 5. The van der Waals surface area contributed by atoms with E-state index in [1.807, 2.05) is 0 Å². The summed E-state index contributed by atoms with van der Waals surface area (Å²) >= 11 is 0. The molecule has 0 bridgehead atoms. The van der Waals surface area contributed by atoms with Gasteiger partial charge in [0.2, 0.25) is 5.75 Å². The molecule has 0 radical (unpaired) electrons. The zero-order valence-electron chi connectivity index (χ0n) is 13.4. The molecule has 1 saturated heterocycles. The lowest BCUT2D eigenvalue weighted by molar-refractivity contribution is -0.137. The molecular weight excluding hydrogens is 298 g/mol. The van der Waals surface area contributed by atoms with Crippen molar-refractivity contribution in [3.63, 3.8) is 0 Å². The lowest BCUT2D eigenvalue weighted by Crippen LogP contribution is -2.30. The van der Waals surface area contributed by atoms with Crippen molar-refractivity contribution in [1.82, 2.24) is 4.90 Å². The van der Waals surface area contributed by atoms with Gasteiger partial charge in [-0.2, -0.15) is 0 Å². The maximum absolute atomic E-state index is 12.1. The highest BCUT2D eigenvalue weighted by Gasteiger charge is 2.28. The van der Waals surface area contributed by atoms with Gasteiger partial charge in [0.25, 0.3) is 11.8 Å². The number of ether oxygens (including phenoxy) is 3. The van der Waals surface area contributed by atoms with Crippen molar-refractivity contribution in [1.29, 1.82) is 0 Å². The van der Waals surface area contributed by atoms with Gasteiger partial charge in [-0.1, -0.05) is 6.58 Å². The predicted octanol–water partition coefficient (Wildman–Crippen LogP) is 2.04. The first-order chi connectivity index (χ1) is 11.0. The van der Waals surface area contributed by atoms with Crippen LogP contribution < -0.4 is 14.2 Å². The normalized spacial score (nSPS) is 14.5. The molecule has 1 aliphatic heterocycles. The number of nitrogens with zero attached hydrogens (tertiary/aromatic N) is 1. The molecule has 0 saturated carbocycles. The van der Waals surface area contributed by atoms with Crippen LogP contribution in [-0.4, -0.2) is 44.6 Å². The quantitative estimate of drug-likeness (QED) is 0.778. The van der Waals surface area contributed by atoms with Crippen LogP contribution >= 0.6 is 0 Å². The predicted molar refractivity (Wildman–Crippen MR) is 85.6 cm³/mol. The van der Waals surface area contributed by atoms with E-state index < -0.39 is 0 Å². The van der Waals surface area contributed by atoms with Gasteiger partial charge in [0, 0.05) is 18.2 Å². The standard InChI is InChI=1S/C17H19NO5/c1-11-7-8-18(17(11)20)15(19)6-5-12-9-13(21-2)16(23-4)14(10-12)22-3/h5-6,9-10H,1,7-8H2,2-4H3. The van der Waals surface area contributed by atoms with Crippen molar-refractivity contribution in [2.75, 3.05) is 27.9 Å². The smallest absolute Gasteiger partial charge is 0.256 e. The Morgan fingerprint density at radius 3 is 2.22 bits per heavy atom. The Hall–Kier alpha value is -2.76. The Morgan fingerprint density at radius 2 is 1.78 bits per heavy atom. The van der Waals surface area contributed by atoms with Gasteiger partial charge in [-0.3, -0.25) is 14.5 Å². The van der Waals surface area contributed by atoms with Crippen LogP contribution in [0.4, 0.5) is 0 Å². The third kappa shape index (κ3) is 3.36. The van der Waals surface area contributed by atoms with Crippen LogP contribution in [0.5, 0.6) is 17.2 Å². The van der Waals surface area contributed by atoms with E-state index in [1.54, 1.807) is 18.2 Å². The van der Waals surface area contributed by atoms with E-state index in [0.29, 0.717) is 41.4 Å². The summed E-state index contributed by atoms with van der Waals surface area (Å²) in [6.07, 6.45) is 3.46. The molecule has 1 heterocycles. The second kappa shape index (κ2) is 7.00. The third-order valence-electron chi connectivity index (χ3n) is 3.56. The molecule has 0 spiro atoms. The van der Waals surface area contributed by atoms with Crippen LogP contribution in [0.25, 0.3) is 6.08 Å². The van der Waals surface area contributed by atoms with E-state index in [4.69, 9.17) is 14.2 Å². The number of likely N-dealkylation sites (tertiary alicyclic amines) is 1. The average Bonchev–Trinajstić information content (AvgIpc) is 2.90. The number of carbonyl (C=O) groups is 2. The second-order valence-electron chi connectivity index (χ2n) is 4.94. The summed E-state index contributed by atoms with van der Waals surface area (Å²) in [5.41, 5.74) is 1.15. The molecule has 6 heteroatoms. The number of hydrogen-bond donors (Lipinski definition) is 0. The second-order valence-corrected chi connectivity index (χ2v) is 4.94. The monoisotopic (exact) mass is 317 g/mol. The fourth-order valence-corrected chi connectivity index (χ4v) is 2.31. The molecule has 0 unspecified atom stereocenters. The molecule has 2 amide bonds. The number of imide groups is 1. The fourth-order valence-electron chi connectivity index (χ4n) is 2.31. The number of methoxy groups -OCH3 is 3. The van der Waals surface area contributed by atoms with E-state index >= 15 is 0 Å². The lowest BCUT2D eigenvalue weighted by Gasteiger charge is -2.13. The first-order valence-corrected chi connectivity index (χ1v) is 7.03. The van der Waals surface area contributed by atoms with Crippen molar-refractivity contribution >= 4 is 17.9 Å². The van der Waals surface area contributed by atoms with Crippen molar-refractivity contribution in [2.24, 2.45) is 0 Å². The molecule has 0 N–H and O–H groups in total. The van der Waals surface area contributed by atoms with Gasteiger partial charge in [-0.05, 0) is 30.2 Å². The van der Waals surface area contributed by atoms with Gasteiger partial charge >= 0.3 is 0 Å². The van der Waals surface area contributed by atoms with Gasteiger partial charge in [0.05, 0.1) is 21.3 Å². The van der Waals surface area contributed by atoms with Gasteiger partial charge < -0.3 is 14.2 Å². The van der Waals surface area contributed by atoms with Crippen LogP contribution in [-0.2, 0) is 9.59 Å². The molecule has 1 fully saturated rings. The zero-order valence-corrected chi connectivity index (χ0v) is 13.4. The minimum absolute atomic E-state index is 0.315. The fraction of sp³-hybridized carbons (Fsp3) is 0.294. The summed E-state index contributed by atoms with van der Waals surface area (Å²) in [5.74, 6) is 0.769. The van der Waals surface area contributed by atoms with E-state index in [0.717, 1.165) is 0 Å². The highest BCUT2D eigenvalue weighted by Crippen LogP contribution is 2.38. The summed E-state index contributed by atoms with van der Waals surface area (Å²) < 4.78 is 15.8. The number of benzene rings is 1. The minimum atomic E-state index is -0.373. The van der Waals surface area contributed by atoms with E-state index in [2.05, 4.69) is 6.58 Å². The summed E-state index contributed by atoms with van der Waals surface area (Å²) in [5, 5.41) is 0.